The average molecular weight is 558 g/mol. The first kappa shape index (κ1) is 30.1. The van der Waals surface area contributed by atoms with Crippen LogP contribution in [0.1, 0.15) is 68.3 Å². The average Bonchev–Trinajstić information content (AvgIpc) is 2.91. The number of hydrogen-bond acceptors (Lipinski definition) is 6. The number of carbonyl (C=O) groups is 3. The molecule has 1 saturated carbocycles. The van der Waals surface area contributed by atoms with Crippen molar-refractivity contribution in [3.05, 3.63) is 59.7 Å². The number of nitrogens with one attached hydrogen (secondary N) is 1. The summed E-state index contributed by atoms with van der Waals surface area (Å²) < 4.78 is 32.0. The van der Waals surface area contributed by atoms with E-state index in [0.717, 1.165) is 48.2 Å². The molecule has 1 aliphatic rings. The summed E-state index contributed by atoms with van der Waals surface area (Å²) in [6, 6.07) is 12.6. The first-order valence-electron chi connectivity index (χ1n) is 13.3. The van der Waals surface area contributed by atoms with E-state index in [2.05, 4.69) is 5.32 Å². The Hall–Kier alpha value is -3.40. The minimum atomic E-state index is -3.89. The summed E-state index contributed by atoms with van der Waals surface area (Å²) in [6.07, 6.45) is 6.43. The number of sulfonamides is 1. The molecule has 0 heterocycles. The second-order valence-corrected chi connectivity index (χ2v) is 11.9. The fourth-order valence-corrected chi connectivity index (χ4v) is 5.77. The van der Waals surface area contributed by atoms with E-state index in [1.807, 2.05) is 13.0 Å². The molecule has 0 radical (unpaired) electrons. The number of carbonyl (C=O) groups excluding carboxylic acids is 3. The predicted octanol–water partition coefficient (Wildman–Crippen LogP) is 3.92. The van der Waals surface area contributed by atoms with Gasteiger partial charge in [-0.15, -0.1) is 0 Å². The lowest BCUT2D eigenvalue weighted by atomic mass is 9.95. The van der Waals surface area contributed by atoms with Crippen LogP contribution >= 0.6 is 0 Å². The number of rotatable bonds is 12. The Morgan fingerprint density at radius 3 is 2.36 bits per heavy atom. The SMILES string of the molecule is CC[C@H](C(=O)NC1CCCCC1)N(Cc1cccc(OC)c1)C(=O)CN(c1cccc(C(C)=O)c1)S(C)(=O)=O. The first-order chi connectivity index (χ1) is 18.5. The normalized spacial score (nSPS) is 14.8. The molecular weight excluding hydrogens is 518 g/mol. The molecule has 2 aromatic carbocycles. The van der Waals surface area contributed by atoms with Crippen molar-refractivity contribution in [2.24, 2.45) is 0 Å². The van der Waals surface area contributed by atoms with Gasteiger partial charge in [-0.05, 0) is 56.0 Å². The molecule has 9 nitrogen and oxygen atoms in total. The van der Waals surface area contributed by atoms with Gasteiger partial charge in [0.25, 0.3) is 0 Å². The predicted molar refractivity (Wildman–Crippen MR) is 151 cm³/mol. The van der Waals surface area contributed by atoms with E-state index in [0.29, 0.717) is 17.7 Å². The molecule has 0 aromatic heterocycles. The van der Waals surface area contributed by atoms with Crippen molar-refractivity contribution in [1.82, 2.24) is 10.2 Å². The van der Waals surface area contributed by atoms with Gasteiger partial charge >= 0.3 is 0 Å². The van der Waals surface area contributed by atoms with Crippen LogP contribution in [0.15, 0.2) is 48.5 Å². The largest absolute Gasteiger partial charge is 0.497 e. The van der Waals surface area contributed by atoms with Crippen LogP contribution in [-0.2, 0) is 26.2 Å². The molecule has 1 N–H and O–H groups in total. The van der Waals surface area contributed by atoms with Crippen LogP contribution in [0.25, 0.3) is 0 Å². The van der Waals surface area contributed by atoms with Crippen molar-refractivity contribution in [3.8, 4) is 5.75 Å². The van der Waals surface area contributed by atoms with Crippen LogP contribution < -0.4 is 14.4 Å². The van der Waals surface area contributed by atoms with E-state index in [4.69, 9.17) is 4.74 Å². The molecule has 0 bridgehead atoms. The topological polar surface area (TPSA) is 113 Å². The number of nitrogens with zero attached hydrogens (tertiary/aromatic N) is 2. The van der Waals surface area contributed by atoms with E-state index in [-0.39, 0.29) is 30.0 Å². The van der Waals surface area contributed by atoms with Gasteiger partial charge in [-0.2, -0.15) is 0 Å². The number of ketones is 1. The molecule has 1 fully saturated rings. The van der Waals surface area contributed by atoms with Gasteiger partial charge in [0.15, 0.2) is 5.78 Å². The van der Waals surface area contributed by atoms with Gasteiger partial charge in [0.1, 0.15) is 18.3 Å². The van der Waals surface area contributed by atoms with Crippen LogP contribution in [0.2, 0.25) is 0 Å². The molecule has 10 heteroatoms. The molecule has 212 valence electrons. The molecule has 2 aromatic rings. The third kappa shape index (κ3) is 8.29. The maximum atomic E-state index is 13.9. The Morgan fingerprint density at radius 1 is 1.05 bits per heavy atom. The van der Waals surface area contributed by atoms with E-state index < -0.39 is 28.5 Å². The van der Waals surface area contributed by atoms with Crippen LogP contribution in [0.4, 0.5) is 5.69 Å². The van der Waals surface area contributed by atoms with Crippen molar-refractivity contribution in [2.45, 2.75) is 71.0 Å². The summed E-state index contributed by atoms with van der Waals surface area (Å²) in [5.74, 6) is -0.382. The van der Waals surface area contributed by atoms with Crippen LogP contribution in [0.5, 0.6) is 5.75 Å². The zero-order chi connectivity index (χ0) is 28.6. The highest BCUT2D eigenvalue weighted by molar-refractivity contribution is 7.92. The molecular formula is C29H39N3O6S. The maximum absolute atomic E-state index is 13.9. The van der Waals surface area contributed by atoms with Gasteiger partial charge < -0.3 is 15.0 Å². The number of methoxy groups -OCH3 is 1. The molecule has 2 amide bonds. The molecule has 0 spiro atoms. The molecule has 0 aliphatic heterocycles. The number of benzene rings is 2. The van der Waals surface area contributed by atoms with Gasteiger partial charge in [0, 0.05) is 18.2 Å². The maximum Gasteiger partial charge on any atom is 0.244 e. The highest BCUT2D eigenvalue weighted by Crippen LogP contribution is 2.23. The van der Waals surface area contributed by atoms with Crippen LogP contribution in [-0.4, -0.2) is 62.9 Å². The summed E-state index contributed by atoms with van der Waals surface area (Å²) in [5.41, 5.74) is 1.29. The Bertz CT molecular complexity index is 1270. The third-order valence-corrected chi connectivity index (χ3v) is 8.18. The summed E-state index contributed by atoms with van der Waals surface area (Å²) in [5, 5.41) is 3.12. The van der Waals surface area contributed by atoms with E-state index in [9.17, 15) is 22.8 Å². The smallest absolute Gasteiger partial charge is 0.244 e. The van der Waals surface area contributed by atoms with Crippen molar-refractivity contribution >= 4 is 33.3 Å². The fraction of sp³-hybridized carbons (Fsp3) is 0.483. The van der Waals surface area contributed by atoms with Gasteiger partial charge in [0.2, 0.25) is 21.8 Å². The zero-order valence-electron chi connectivity index (χ0n) is 23.2. The Labute approximate surface area is 231 Å². The summed E-state index contributed by atoms with van der Waals surface area (Å²) in [6.45, 7) is 2.80. The number of anilines is 1. The summed E-state index contributed by atoms with van der Waals surface area (Å²) >= 11 is 0. The first-order valence-corrected chi connectivity index (χ1v) is 15.2. The van der Waals surface area contributed by atoms with Crippen molar-refractivity contribution in [1.29, 1.82) is 0 Å². The summed E-state index contributed by atoms with van der Waals surface area (Å²) in [7, 11) is -2.34. The van der Waals surface area contributed by atoms with Gasteiger partial charge in [-0.25, -0.2) is 8.42 Å². The molecule has 3 rings (SSSR count). The Morgan fingerprint density at radius 2 is 1.74 bits per heavy atom. The van der Waals surface area contributed by atoms with E-state index in [1.54, 1.807) is 43.5 Å². The lowest BCUT2D eigenvalue weighted by Crippen LogP contribution is -2.53. The fourth-order valence-electron chi connectivity index (χ4n) is 4.93. The lowest BCUT2D eigenvalue weighted by molar-refractivity contribution is -0.140. The number of ether oxygens (including phenoxy) is 1. The number of Topliss-reactive ketones (excluding diaryl/α,β-unsaturated/α-hetero) is 1. The monoisotopic (exact) mass is 557 g/mol. The quantitative estimate of drug-likeness (QED) is 0.396. The molecule has 39 heavy (non-hydrogen) atoms. The Kier molecular flexibility index (Phi) is 10.5. The highest BCUT2D eigenvalue weighted by atomic mass is 32.2. The minimum absolute atomic E-state index is 0.0657. The summed E-state index contributed by atoms with van der Waals surface area (Å²) in [4.78, 5) is 40.7. The molecule has 0 unspecified atom stereocenters. The number of amides is 2. The van der Waals surface area contributed by atoms with E-state index in [1.165, 1.54) is 17.9 Å². The molecule has 1 atom stereocenters. The van der Waals surface area contributed by atoms with Crippen molar-refractivity contribution in [2.75, 3.05) is 24.2 Å². The van der Waals surface area contributed by atoms with Crippen LogP contribution in [0, 0.1) is 0 Å². The van der Waals surface area contributed by atoms with Crippen molar-refractivity contribution < 1.29 is 27.5 Å². The minimum Gasteiger partial charge on any atom is -0.497 e. The lowest BCUT2D eigenvalue weighted by Gasteiger charge is -2.34. The van der Waals surface area contributed by atoms with Crippen molar-refractivity contribution in [3.63, 3.8) is 0 Å². The second kappa shape index (κ2) is 13.6. The van der Waals surface area contributed by atoms with E-state index >= 15 is 0 Å². The van der Waals surface area contributed by atoms with Crippen LogP contribution in [0.3, 0.4) is 0 Å². The standard InChI is InChI=1S/C29H39N3O6S/c1-5-27(29(35)30-24-13-7-6-8-14-24)31(19-22-11-9-16-26(17-22)38-3)28(34)20-32(39(4,36)37)25-15-10-12-23(18-25)21(2)33/h9-12,15-18,24,27H,5-8,13-14,19-20H2,1-4H3,(H,30,35)/t27-/m1/s1. The highest BCUT2D eigenvalue weighted by Gasteiger charge is 2.33. The van der Waals surface area contributed by atoms with Gasteiger partial charge in [-0.1, -0.05) is 50.5 Å². The molecule has 0 saturated heterocycles. The number of hydrogen-bond donors (Lipinski definition) is 1. The third-order valence-electron chi connectivity index (χ3n) is 7.04. The van der Waals surface area contributed by atoms with Gasteiger partial charge in [0.05, 0.1) is 19.1 Å². The second-order valence-electron chi connectivity index (χ2n) is 10.0. The van der Waals surface area contributed by atoms with Gasteiger partial charge in [-0.3, -0.25) is 18.7 Å². The molecule has 1 aliphatic carbocycles. The Balaban J connectivity index is 1.95. The zero-order valence-corrected chi connectivity index (χ0v) is 24.0.